The molecule has 0 aliphatic heterocycles. The van der Waals surface area contributed by atoms with Gasteiger partial charge in [-0.15, -0.1) is 0 Å². The number of aromatic nitrogens is 1. The summed E-state index contributed by atoms with van der Waals surface area (Å²) >= 11 is 3.21. The van der Waals surface area contributed by atoms with Gasteiger partial charge in [0.25, 0.3) is 0 Å². The normalized spacial score (nSPS) is 12.6. The number of nitrogens with zero attached hydrogens (tertiary/aromatic N) is 1. The number of aromatic amines is 1. The summed E-state index contributed by atoms with van der Waals surface area (Å²) in [7, 11) is 0. The molecule has 1 aromatic heterocycles. The molecule has 0 amide bonds. The Balaban J connectivity index is 2.48. The van der Waals surface area contributed by atoms with E-state index in [2.05, 4.69) is 20.9 Å². The van der Waals surface area contributed by atoms with E-state index in [1.165, 1.54) is 0 Å². The Morgan fingerprint density at radius 1 is 1.44 bits per heavy atom. The van der Waals surface area contributed by atoms with Crippen LogP contribution in [0.3, 0.4) is 0 Å². The number of aliphatic hydroxyl groups excluding tert-OH is 1. The van der Waals surface area contributed by atoms with Gasteiger partial charge >= 0.3 is 0 Å². The lowest BCUT2D eigenvalue weighted by Gasteiger charge is -2.01. The van der Waals surface area contributed by atoms with E-state index in [1.54, 1.807) is 18.2 Å². The summed E-state index contributed by atoms with van der Waals surface area (Å²) in [4.78, 5) is 3.01. The van der Waals surface area contributed by atoms with E-state index in [0.29, 0.717) is 10.2 Å². The zero-order valence-corrected chi connectivity index (χ0v) is 9.82. The Morgan fingerprint density at radius 2 is 2.19 bits per heavy atom. The monoisotopic (exact) mass is 280 g/mol. The molecule has 1 aromatic carbocycles. The standard InChI is InChI=1S/C11H9BrN2O2/c12-7-5-8-6(4-11(7)16)3-9(14-8)10(15)1-2-13/h3-5,10,14-16H,1H2. The maximum atomic E-state index is 9.63. The van der Waals surface area contributed by atoms with Gasteiger partial charge in [-0.1, -0.05) is 0 Å². The predicted octanol–water partition coefficient (Wildman–Crippen LogP) is 2.58. The highest BCUT2D eigenvalue weighted by atomic mass is 79.9. The Hall–Kier alpha value is -1.51. The predicted molar refractivity (Wildman–Crippen MR) is 62.9 cm³/mol. The first-order valence-corrected chi connectivity index (χ1v) is 5.47. The molecule has 0 bridgehead atoms. The Morgan fingerprint density at radius 3 is 2.88 bits per heavy atom. The highest BCUT2D eigenvalue weighted by Gasteiger charge is 2.11. The van der Waals surface area contributed by atoms with Gasteiger partial charge in [0.15, 0.2) is 0 Å². The molecule has 0 aliphatic rings. The highest BCUT2D eigenvalue weighted by molar-refractivity contribution is 9.10. The summed E-state index contributed by atoms with van der Waals surface area (Å²) in [5, 5.41) is 28.4. The van der Waals surface area contributed by atoms with Gasteiger partial charge < -0.3 is 15.2 Å². The average Bonchev–Trinajstić information content (AvgIpc) is 2.62. The third-order valence-corrected chi connectivity index (χ3v) is 2.99. The van der Waals surface area contributed by atoms with Crippen molar-refractivity contribution in [2.24, 2.45) is 0 Å². The van der Waals surface area contributed by atoms with Crippen LogP contribution in [-0.2, 0) is 0 Å². The number of nitrogens with one attached hydrogen (secondary N) is 1. The van der Waals surface area contributed by atoms with Gasteiger partial charge in [0, 0.05) is 16.6 Å². The Bertz CT molecular complexity index is 532. The molecule has 5 heteroatoms. The lowest BCUT2D eigenvalue weighted by molar-refractivity contribution is 0.179. The van der Waals surface area contributed by atoms with Crippen molar-refractivity contribution in [1.29, 1.82) is 5.26 Å². The Labute approximate surface area is 100 Å². The van der Waals surface area contributed by atoms with Gasteiger partial charge in [-0.2, -0.15) is 5.26 Å². The molecule has 1 atom stereocenters. The lowest BCUT2D eigenvalue weighted by atomic mass is 10.2. The first-order valence-electron chi connectivity index (χ1n) is 4.68. The van der Waals surface area contributed by atoms with Crippen LogP contribution in [0.2, 0.25) is 0 Å². The zero-order chi connectivity index (χ0) is 11.7. The summed E-state index contributed by atoms with van der Waals surface area (Å²) in [5.41, 5.74) is 1.38. The van der Waals surface area contributed by atoms with Gasteiger partial charge in [0.1, 0.15) is 11.9 Å². The minimum atomic E-state index is -0.821. The van der Waals surface area contributed by atoms with Crippen LogP contribution in [-0.4, -0.2) is 15.2 Å². The molecule has 0 aliphatic carbocycles. The van der Waals surface area contributed by atoms with Crippen molar-refractivity contribution in [2.45, 2.75) is 12.5 Å². The second-order valence-corrected chi connectivity index (χ2v) is 4.35. The van der Waals surface area contributed by atoms with E-state index in [-0.39, 0.29) is 12.2 Å². The quantitative estimate of drug-likeness (QED) is 0.791. The molecular weight excluding hydrogens is 272 g/mol. The first kappa shape index (κ1) is 11.0. The first-order chi connectivity index (χ1) is 7.61. The average molecular weight is 281 g/mol. The van der Waals surface area contributed by atoms with Crippen LogP contribution in [0.1, 0.15) is 18.2 Å². The number of hydrogen-bond acceptors (Lipinski definition) is 3. The van der Waals surface area contributed by atoms with Crippen LogP contribution in [0.5, 0.6) is 5.75 Å². The van der Waals surface area contributed by atoms with Gasteiger partial charge in [-0.05, 0) is 34.1 Å². The lowest BCUT2D eigenvalue weighted by Crippen LogP contribution is -1.95. The third-order valence-electron chi connectivity index (χ3n) is 2.35. The van der Waals surface area contributed by atoms with E-state index in [0.717, 1.165) is 10.9 Å². The third kappa shape index (κ3) is 1.90. The van der Waals surface area contributed by atoms with Crippen molar-refractivity contribution in [3.63, 3.8) is 0 Å². The number of fused-ring (bicyclic) bond motifs is 1. The van der Waals surface area contributed by atoms with Crippen LogP contribution in [0.4, 0.5) is 0 Å². The number of aromatic hydroxyl groups is 1. The molecule has 0 saturated heterocycles. The second kappa shape index (κ2) is 4.16. The SMILES string of the molecule is N#CCC(O)c1cc2cc(O)c(Br)cc2[nH]1. The number of phenolic OH excluding ortho intramolecular Hbond substituents is 1. The van der Waals surface area contributed by atoms with E-state index in [4.69, 9.17) is 5.26 Å². The van der Waals surface area contributed by atoms with Crippen LogP contribution < -0.4 is 0 Å². The second-order valence-electron chi connectivity index (χ2n) is 3.49. The van der Waals surface area contributed by atoms with Crippen molar-refractivity contribution in [3.8, 4) is 11.8 Å². The molecule has 2 rings (SSSR count). The largest absolute Gasteiger partial charge is 0.507 e. The molecule has 2 aromatic rings. The number of hydrogen-bond donors (Lipinski definition) is 3. The maximum Gasteiger partial charge on any atom is 0.130 e. The number of phenols is 1. The van der Waals surface area contributed by atoms with Crippen LogP contribution >= 0.6 is 15.9 Å². The topological polar surface area (TPSA) is 80.0 Å². The molecule has 16 heavy (non-hydrogen) atoms. The molecular formula is C11H9BrN2O2. The van der Waals surface area contributed by atoms with Crippen molar-refractivity contribution < 1.29 is 10.2 Å². The maximum absolute atomic E-state index is 9.63. The van der Waals surface area contributed by atoms with E-state index < -0.39 is 6.10 Å². The van der Waals surface area contributed by atoms with E-state index >= 15 is 0 Å². The van der Waals surface area contributed by atoms with Crippen molar-refractivity contribution >= 4 is 26.8 Å². The molecule has 0 fully saturated rings. The number of H-pyrrole nitrogens is 1. The number of nitriles is 1. The van der Waals surface area contributed by atoms with Gasteiger partial charge in [0.2, 0.25) is 0 Å². The number of rotatable bonds is 2. The van der Waals surface area contributed by atoms with Gasteiger partial charge in [-0.25, -0.2) is 0 Å². The number of aliphatic hydroxyl groups is 1. The highest BCUT2D eigenvalue weighted by Crippen LogP contribution is 2.31. The molecule has 3 N–H and O–H groups in total. The Kier molecular flexibility index (Phi) is 2.86. The van der Waals surface area contributed by atoms with Crippen molar-refractivity contribution in [1.82, 2.24) is 4.98 Å². The van der Waals surface area contributed by atoms with Gasteiger partial charge in [-0.3, -0.25) is 0 Å². The van der Waals surface area contributed by atoms with E-state index in [1.807, 2.05) is 6.07 Å². The summed E-state index contributed by atoms with van der Waals surface area (Å²) in [6.07, 6.45) is -0.779. The minimum Gasteiger partial charge on any atom is -0.507 e. The number of benzene rings is 1. The summed E-state index contributed by atoms with van der Waals surface area (Å²) < 4.78 is 0.586. The summed E-state index contributed by atoms with van der Waals surface area (Å²) in [6, 6.07) is 6.96. The fourth-order valence-corrected chi connectivity index (χ4v) is 1.88. The molecule has 0 spiro atoms. The van der Waals surface area contributed by atoms with Crippen molar-refractivity contribution in [3.05, 3.63) is 28.4 Å². The molecule has 1 heterocycles. The zero-order valence-electron chi connectivity index (χ0n) is 8.24. The molecule has 4 nitrogen and oxygen atoms in total. The number of halogens is 1. The molecule has 0 saturated carbocycles. The minimum absolute atomic E-state index is 0.0416. The van der Waals surface area contributed by atoms with Crippen LogP contribution in [0.15, 0.2) is 22.7 Å². The summed E-state index contributed by atoms with van der Waals surface area (Å²) in [6.45, 7) is 0. The smallest absolute Gasteiger partial charge is 0.130 e. The summed E-state index contributed by atoms with van der Waals surface area (Å²) in [5.74, 6) is 0.146. The van der Waals surface area contributed by atoms with Crippen LogP contribution in [0, 0.1) is 11.3 Å². The van der Waals surface area contributed by atoms with Gasteiger partial charge in [0.05, 0.1) is 17.0 Å². The molecule has 0 radical (unpaired) electrons. The van der Waals surface area contributed by atoms with Crippen LogP contribution in [0.25, 0.3) is 10.9 Å². The molecule has 1 unspecified atom stereocenters. The van der Waals surface area contributed by atoms with Crippen molar-refractivity contribution in [2.75, 3.05) is 0 Å². The van der Waals surface area contributed by atoms with E-state index in [9.17, 15) is 10.2 Å². The molecule has 82 valence electrons. The fraction of sp³-hybridized carbons (Fsp3) is 0.182. The fourth-order valence-electron chi connectivity index (χ4n) is 1.54.